The van der Waals surface area contributed by atoms with Crippen molar-refractivity contribution in [2.45, 2.75) is 20.3 Å². The lowest BCUT2D eigenvalue weighted by Crippen LogP contribution is -2.05. The molecule has 0 amide bonds. The van der Waals surface area contributed by atoms with Gasteiger partial charge in [-0.25, -0.2) is 0 Å². The standard InChI is InChI=1S/C19H15N3.C16H13N3O.C16H14N2O/c1-13-5-4-8-18(22-13)19-16(10-12-21-19)14-9-11-20-17-7-3-2-6-15(14)17;1-2-7-17-14(3-1)16-13(10-18-19-16)12-5-4-11-6-8-20-15(11)9-12;1-11-3-2-4-15(18-11)16-14(9-10-17-16)12-5-7-13(19)8-6-12/h2-11H,12H2,1H3;1-5,7,9-10H,6,8H2,(H,18,19);2-9,19H,10H2,1H3. The second-order valence-electron chi connectivity index (χ2n) is 14.7. The maximum Gasteiger partial charge on any atom is 0.123 e. The molecule has 11 rings (SSSR count). The highest BCUT2D eigenvalue weighted by molar-refractivity contribution is 6.34. The number of phenols is 1. The van der Waals surface area contributed by atoms with Crippen LogP contribution in [0.5, 0.6) is 11.5 Å². The highest BCUT2D eigenvalue weighted by Crippen LogP contribution is 2.35. The van der Waals surface area contributed by atoms with E-state index in [-0.39, 0.29) is 5.75 Å². The predicted octanol–water partition coefficient (Wildman–Crippen LogP) is 9.88. The molecule has 0 atom stereocenters. The molecule has 0 unspecified atom stereocenters. The van der Waals surface area contributed by atoms with Gasteiger partial charge in [0, 0.05) is 52.3 Å². The molecule has 3 aliphatic heterocycles. The third-order valence-corrected chi connectivity index (χ3v) is 10.5. The van der Waals surface area contributed by atoms with Gasteiger partial charge in [-0.15, -0.1) is 0 Å². The van der Waals surface area contributed by atoms with Crippen molar-refractivity contribution in [1.82, 2.24) is 30.1 Å². The lowest BCUT2D eigenvalue weighted by atomic mass is 9.96. The number of nitrogens with zero attached hydrogens (tertiary/aromatic N) is 7. The number of aromatic nitrogens is 6. The first-order valence-corrected chi connectivity index (χ1v) is 20.2. The number of ether oxygens (including phenoxy) is 1. The van der Waals surface area contributed by atoms with Gasteiger partial charge in [-0.3, -0.25) is 35.0 Å². The molecular weight excluding hydrogens is 757 g/mol. The van der Waals surface area contributed by atoms with Crippen molar-refractivity contribution >= 4 is 33.5 Å². The Hall–Kier alpha value is -7.85. The first-order chi connectivity index (χ1) is 30.0. The molecule has 0 fully saturated rings. The number of rotatable bonds is 6. The van der Waals surface area contributed by atoms with Crippen molar-refractivity contribution < 1.29 is 9.84 Å². The number of H-pyrrole nitrogens is 1. The van der Waals surface area contributed by atoms with Crippen molar-refractivity contribution in [2.24, 2.45) is 9.98 Å². The van der Waals surface area contributed by atoms with Crippen LogP contribution >= 0.6 is 0 Å². The molecule has 0 saturated heterocycles. The minimum atomic E-state index is 0.273. The summed E-state index contributed by atoms with van der Waals surface area (Å²) in [5.74, 6) is 1.25. The zero-order valence-corrected chi connectivity index (χ0v) is 33.8. The van der Waals surface area contributed by atoms with Gasteiger partial charge in [-0.2, -0.15) is 5.10 Å². The summed E-state index contributed by atoms with van der Waals surface area (Å²) in [5.41, 5.74) is 16.4. The number of benzene rings is 3. The van der Waals surface area contributed by atoms with E-state index in [4.69, 9.17) is 4.74 Å². The average Bonchev–Trinajstić information content (AvgIpc) is 4.15. The summed E-state index contributed by atoms with van der Waals surface area (Å²) in [7, 11) is 0. The molecule has 0 bridgehead atoms. The van der Waals surface area contributed by atoms with Crippen molar-refractivity contribution in [1.29, 1.82) is 0 Å². The van der Waals surface area contributed by atoms with Gasteiger partial charge in [0.15, 0.2) is 0 Å². The number of hydrogen-bond donors (Lipinski definition) is 2. The number of allylic oxidation sites excluding steroid dienone is 2. The summed E-state index contributed by atoms with van der Waals surface area (Å²) in [6.07, 6.45) is 10.7. The maximum atomic E-state index is 9.36. The Morgan fingerprint density at radius 3 is 2.03 bits per heavy atom. The lowest BCUT2D eigenvalue weighted by molar-refractivity contribution is 0.357. The average molecular weight is 799 g/mol. The summed E-state index contributed by atoms with van der Waals surface area (Å²) in [5, 5.41) is 17.7. The van der Waals surface area contributed by atoms with Crippen LogP contribution in [0.1, 0.15) is 39.5 Å². The van der Waals surface area contributed by atoms with Gasteiger partial charge in [0.05, 0.1) is 65.6 Å². The normalized spacial score (nSPS) is 13.7. The van der Waals surface area contributed by atoms with Crippen LogP contribution in [0, 0.1) is 13.8 Å². The number of aromatic hydroxyl groups is 1. The monoisotopic (exact) mass is 798 g/mol. The number of nitrogens with one attached hydrogen (secondary N) is 1. The van der Waals surface area contributed by atoms with E-state index in [0.29, 0.717) is 13.1 Å². The molecular formula is C51H42N8O2. The predicted molar refractivity (Wildman–Crippen MR) is 243 cm³/mol. The van der Waals surface area contributed by atoms with Crippen LogP contribution in [0.4, 0.5) is 0 Å². The summed E-state index contributed by atoms with van der Waals surface area (Å²) in [6, 6.07) is 41.6. The molecule has 2 N–H and O–H groups in total. The fourth-order valence-corrected chi connectivity index (χ4v) is 7.62. The molecule has 10 nitrogen and oxygen atoms in total. The number of phenolic OH excluding ortho intramolecular Hbond substituents is 1. The Labute approximate surface area is 353 Å². The SMILES string of the molecule is Cc1cccc(C2=NCC=C2c2ccc(O)cc2)n1.Cc1cccc(C2=NCC=C2c2ccnc3ccccc23)n1.c1ccc(-c2[nH]ncc2-c2ccc3c(c2)OCC3)nc1. The number of aliphatic imine (C=N–C) groups is 2. The second-order valence-corrected chi connectivity index (χ2v) is 14.7. The van der Waals surface area contributed by atoms with E-state index in [1.54, 1.807) is 18.3 Å². The van der Waals surface area contributed by atoms with Crippen molar-refractivity contribution in [3.63, 3.8) is 0 Å². The van der Waals surface area contributed by atoms with Crippen LogP contribution in [0.3, 0.4) is 0 Å². The summed E-state index contributed by atoms with van der Waals surface area (Å²) in [6.45, 7) is 6.14. The molecule has 8 heterocycles. The van der Waals surface area contributed by atoms with Crippen LogP contribution < -0.4 is 4.74 Å². The highest BCUT2D eigenvalue weighted by atomic mass is 16.5. The third-order valence-electron chi connectivity index (χ3n) is 10.5. The van der Waals surface area contributed by atoms with Crippen LogP contribution in [0.25, 0.3) is 44.6 Å². The third kappa shape index (κ3) is 8.51. The zero-order chi connectivity index (χ0) is 41.5. The summed E-state index contributed by atoms with van der Waals surface area (Å²) >= 11 is 0. The molecule has 3 aliphatic rings. The van der Waals surface area contributed by atoms with Crippen LogP contribution in [-0.2, 0) is 6.42 Å². The first-order valence-electron chi connectivity index (χ1n) is 20.2. The van der Waals surface area contributed by atoms with E-state index < -0.39 is 0 Å². The van der Waals surface area contributed by atoms with Crippen molar-refractivity contribution in [2.75, 3.05) is 19.7 Å². The number of para-hydroxylation sites is 1. The van der Waals surface area contributed by atoms with E-state index >= 15 is 0 Å². The Balaban J connectivity index is 0.000000117. The molecule has 8 aromatic rings. The molecule has 0 saturated carbocycles. The summed E-state index contributed by atoms with van der Waals surface area (Å²) < 4.78 is 5.64. The number of aromatic amines is 1. The van der Waals surface area contributed by atoms with Gasteiger partial charge in [0.2, 0.25) is 0 Å². The Kier molecular flexibility index (Phi) is 11.1. The van der Waals surface area contributed by atoms with Crippen molar-refractivity contribution in [3.05, 3.63) is 198 Å². The zero-order valence-electron chi connectivity index (χ0n) is 33.8. The van der Waals surface area contributed by atoms with E-state index in [9.17, 15) is 5.11 Å². The molecule has 61 heavy (non-hydrogen) atoms. The minimum Gasteiger partial charge on any atom is -0.508 e. The Morgan fingerprint density at radius 2 is 1.30 bits per heavy atom. The molecule has 0 spiro atoms. The largest absolute Gasteiger partial charge is 0.508 e. The molecule has 3 aromatic carbocycles. The van der Waals surface area contributed by atoms with Gasteiger partial charge >= 0.3 is 0 Å². The van der Waals surface area contributed by atoms with Gasteiger partial charge in [-0.05, 0) is 103 Å². The van der Waals surface area contributed by atoms with E-state index in [1.165, 1.54) is 11.1 Å². The van der Waals surface area contributed by atoms with E-state index in [1.807, 2.05) is 111 Å². The number of aryl methyl sites for hydroxylation is 2. The quantitative estimate of drug-likeness (QED) is 0.171. The number of pyridine rings is 4. The molecule has 10 heteroatoms. The number of hydrogen-bond acceptors (Lipinski definition) is 9. The second kappa shape index (κ2) is 17.6. The minimum absolute atomic E-state index is 0.273. The smallest absolute Gasteiger partial charge is 0.123 e. The van der Waals surface area contributed by atoms with Gasteiger partial charge < -0.3 is 9.84 Å². The van der Waals surface area contributed by atoms with Gasteiger partial charge in [-0.1, -0.05) is 72.8 Å². The first kappa shape index (κ1) is 38.7. The molecule has 0 aliphatic carbocycles. The Morgan fingerprint density at radius 1 is 0.607 bits per heavy atom. The van der Waals surface area contributed by atoms with Gasteiger partial charge in [0.25, 0.3) is 0 Å². The highest BCUT2D eigenvalue weighted by Gasteiger charge is 2.20. The molecule has 5 aromatic heterocycles. The molecule has 0 radical (unpaired) electrons. The fraction of sp³-hybridized carbons (Fsp3) is 0.118. The topological polar surface area (TPSA) is 134 Å². The Bertz CT molecular complexity index is 2980. The maximum absolute atomic E-state index is 9.36. The lowest BCUT2D eigenvalue weighted by Gasteiger charge is -2.10. The number of fused-ring (bicyclic) bond motifs is 2. The van der Waals surface area contributed by atoms with Crippen LogP contribution in [0.2, 0.25) is 0 Å². The van der Waals surface area contributed by atoms with Crippen molar-refractivity contribution in [3.8, 4) is 34.0 Å². The van der Waals surface area contributed by atoms with Crippen LogP contribution in [-0.4, -0.2) is 66.4 Å². The van der Waals surface area contributed by atoms with Gasteiger partial charge in [0.1, 0.15) is 11.5 Å². The van der Waals surface area contributed by atoms with E-state index in [2.05, 4.69) is 82.6 Å². The fourth-order valence-electron chi connectivity index (χ4n) is 7.62. The summed E-state index contributed by atoms with van der Waals surface area (Å²) in [4.78, 5) is 27.2. The van der Waals surface area contributed by atoms with Crippen LogP contribution in [0.15, 0.2) is 168 Å². The molecule has 298 valence electrons. The van der Waals surface area contributed by atoms with E-state index in [0.717, 1.165) is 103 Å².